The van der Waals surface area contributed by atoms with Crippen LogP contribution in [0.1, 0.15) is 21.5 Å². The van der Waals surface area contributed by atoms with Gasteiger partial charge in [0.25, 0.3) is 5.91 Å². The predicted octanol–water partition coefficient (Wildman–Crippen LogP) is 4.52. The Hall–Kier alpha value is -3.42. The summed E-state index contributed by atoms with van der Waals surface area (Å²) in [4.78, 5) is 32.0. The Morgan fingerprint density at radius 2 is 1.62 bits per heavy atom. The van der Waals surface area contributed by atoms with Gasteiger partial charge >= 0.3 is 0 Å². The van der Waals surface area contributed by atoms with Crippen LogP contribution in [0.3, 0.4) is 0 Å². The molecule has 1 aliphatic heterocycles. The van der Waals surface area contributed by atoms with E-state index in [2.05, 4.69) is 4.90 Å². The Bertz CT molecular complexity index is 1200. The molecule has 3 aromatic carbocycles. The number of hydrogen-bond donors (Lipinski definition) is 0. The third-order valence-electron chi connectivity index (χ3n) is 6.57. The number of hydrogen-bond acceptors (Lipinski definition) is 4. The minimum absolute atomic E-state index is 0.110. The van der Waals surface area contributed by atoms with E-state index in [1.165, 1.54) is 12.1 Å². The van der Waals surface area contributed by atoms with Crippen LogP contribution in [0.5, 0.6) is 5.75 Å². The van der Waals surface area contributed by atoms with Crippen molar-refractivity contribution >= 4 is 23.4 Å². The second-order valence-corrected chi connectivity index (χ2v) is 9.55. The molecule has 0 aromatic heterocycles. The van der Waals surface area contributed by atoms with Crippen molar-refractivity contribution in [1.82, 2.24) is 14.7 Å². The highest BCUT2D eigenvalue weighted by atomic mass is 35.5. The second-order valence-electron chi connectivity index (χ2n) is 9.11. The van der Waals surface area contributed by atoms with Crippen LogP contribution in [0.25, 0.3) is 0 Å². The lowest BCUT2D eigenvalue weighted by atomic mass is 10.1. The summed E-state index contributed by atoms with van der Waals surface area (Å²) < 4.78 is 18.6. The van der Waals surface area contributed by atoms with Gasteiger partial charge in [0.2, 0.25) is 5.91 Å². The van der Waals surface area contributed by atoms with E-state index >= 15 is 0 Å². The third-order valence-corrected chi connectivity index (χ3v) is 6.81. The highest BCUT2D eigenvalue weighted by Crippen LogP contribution is 2.16. The molecule has 1 saturated heterocycles. The van der Waals surface area contributed by atoms with E-state index in [0.29, 0.717) is 49.7 Å². The zero-order valence-corrected chi connectivity index (χ0v) is 21.7. The van der Waals surface area contributed by atoms with E-state index in [1.807, 2.05) is 29.2 Å². The fourth-order valence-electron chi connectivity index (χ4n) is 4.38. The van der Waals surface area contributed by atoms with Gasteiger partial charge in [0.15, 0.2) is 0 Å². The predicted molar refractivity (Wildman–Crippen MR) is 142 cm³/mol. The molecule has 37 heavy (non-hydrogen) atoms. The summed E-state index contributed by atoms with van der Waals surface area (Å²) in [5.74, 6) is 0.446. The topological polar surface area (TPSA) is 53.1 Å². The van der Waals surface area contributed by atoms with E-state index in [4.69, 9.17) is 16.3 Å². The van der Waals surface area contributed by atoms with Gasteiger partial charge in [-0.05, 0) is 53.6 Å². The Kier molecular flexibility index (Phi) is 9.14. The van der Waals surface area contributed by atoms with Gasteiger partial charge in [0.1, 0.15) is 11.6 Å². The van der Waals surface area contributed by atoms with E-state index < -0.39 is 0 Å². The van der Waals surface area contributed by atoms with E-state index in [-0.39, 0.29) is 17.6 Å². The third kappa shape index (κ3) is 7.54. The van der Waals surface area contributed by atoms with Crippen molar-refractivity contribution < 1.29 is 18.7 Å². The summed E-state index contributed by atoms with van der Waals surface area (Å²) in [6, 6.07) is 20.7. The van der Waals surface area contributed by atoms with Crippen molar-refractivity contribution in [3.8, 4) is 5.75 Å². The maximum atomic E-state index is 13.4. The molecule has 0 saturated carbocycles. The van der Waals surface area contributed by atoms with Crippen LogP contribution >= 0.6 is 11.6 Å². The van der Waals surface area contributed by atoms with Gasteiger partial charge in [0, 0.05) is 56.4 Å². The number of ether oxygens (including phenoxy) is 1. The molecule has 8 heteroatoms. The fraction of sp³-hybridized carbons (Fsp3) is 0.310. The van der Waals surface area contributed by atoms with E-state index in [0.717, 1.165) is 30.0 Å². The van der Waals surface area contributed by atoms with Crippen molar-refractivity contribution in [2.45, 2.75) is 13.0 Å². The molecule has 1 fully saturated rings. The summed E-state index contributed by atoms with van der Waals surface area (Å²) in [5.41, 5.74) is 2.33. The van der Waals surface area contributed by atoms with Crippen LogP contribution in [0.4, 0.5) is 4.39 Å². The first-order valence-corrected chi connectivity index (χ1v) is 12.7. The van der Waals surface area contributed by atoms with Gasteiger partial charge in [-0.25, -0.2) is 4.39 Å². The number of carbonyl (C=O) groups is 2. The van der Waals surface area contributed by atoms with Crippen LogP contribution < -0.4 is 4.74 Å². The summed E-state index contributed by atoms with van der Waals surface area (Å²) in [6.07, 6.45) is 0.365. The van der Waals surface area contributed by atoms with Gasteiger partial charge in [-0.3, -0.25) is 14.5 Å². The van der Waals surface area contributed by atoms with Gasteiger partial charge in [-0.15, -0.1) is 0 Å². The van der Waals surface area contributed by atoms with E-state index in [1.54, 1.807) is 48.4 Å². The average Bonchev–Trinajstić information content (AvgIpc) is 2.92. The van der Waals surface area contributed by atoms with Crippen molar-refractivity contribution in [2.75, 3.05) is 46.4 Å². The second kappa shape index (κ2) is 12.7. The molecule has 1 heterocycles. The van der Waals surface area contributed by atoms with Crippen molar-refractivity contribution in [1.29, 1.82) is 0 Å². The number of rotatable bonds is 9. The number of nitrogens with zero attached hydrogens (tertiary/aromatic N) is 3. The van der Waals surface area contributed by atoms with Crippen molar-refractivity contribution in [3.63, 3.8) is 0 Å². The molecule has 0 spiro atoms. The maximum Gasteiger partial charge on any atom is 0.254 e. The Morgan fingerprint density at radius 1 is 0.946 bits per heavy atom. The standard InChI is InChI=1S/C29H31ClFN3O3/c1-37-27-11-7-22(8-12-27)19-28(35)33-16-13-32(14-17-33)15-18-34(21-23-5-9-26(31)10-6-23)29(36)24-3-2-4-25(30)20-24/h2-12,20H,13-19,21H2,1H3. The molecule has 0 bridgehead atoms. The summed E-state index contributed by atoms with van der Waals surface area (Å²) >= 11 is 6.12. The SMILES string of the molecule is COc1ccc(CC(=O)N2CCN(CCN(Cc3ccc(F)cc3)C(=O)c3cccc(Cl)c3)CC2)cc1. The van der Waals surface area contributed by atoms with Gasteiger partial charge < -0.3 is 14.5 Å². The lowest BCUT2D eigenvalue weighted by Gasteiger charge is -2.36. The first kappa shape index (κ1) is 26.6. The molecular formula is C29H31ClFN3O3. The zero-order valence-electron chi connectivity index (χ0n) is 20.9. The number of halogens is 2. The lowest BCUT2D eigenvalue weighted by molar-refractivity contribution is -0.132. The molecule has 0 radical (unpaired) electrons. The van der Waals surface area contributed by atoms with Crippen molar-refractivity contribution in [2.24, 2.45) is 0 Å². The largest absolute Gasteiger partial charge is 0.497 e. The number of benzene rings is 3. The van der Waals surface area contributed by atoms with Gasteiger partial charge in [-0.1, -0.05) is 41.9 Å². The summed E-state index contributed by atoms with van der Waals surface area (Å²) in [6.45, 7) is 4.32. The monoisotopic (exact) mass is 523 g/mol. The highest BCUT2D eigenvalue weighted by Gasteiger charge is 2.23. The Balaban J connectivity index is 1.32. The first-order valence-electron chi connectivity index (χ1n) is 12.3. The van der Waals surface area contributed by atoms with Crippen LogP contribution in [-0.4, -0.2) is 72.9 Å². The number of amides is 2. The lowest BCUT2D eigenvalue weighted by Crippen LogP contribution is -2.51. The average molecular weight is 524 g/mol. The van der Waals surface area contributed by atoms with Gasteiger partial charge in [-0.2, -0.15) is 0 Å². The van der Waals surface area contributed by atoms with E-state index in [9.17, 15) is 14.0 Å². The fourth-order valence-corrected chi connectivity index (χ4v) is 4.57. The number of methoxy groups -OCH3 is 1. The number of carbonyl (C=O) groups excluding carboxylic acids is 2. The maximum absolute atomic E-state index is 13.4. The molecule has 0 aliphatic carbocycles. The van der Waals surface area contributed by atoms with Crippen LogP contribution in [0, 0.1) is 5.82 Å². The molecule has 1 aliphatic rings. The van der Waals surface area contributed by atoms with Crippen molar-refractivity contribution in [3.05, 3.63) is 100 Å². The summed E-state index contributed by atoms with van der Waals surface area (Å²) in [5, 5.41) is 0.503. The molecule has 4 rings (SSSR count). The highest BCUT2D eigenvalue weighted by molar-refractivity contribution is 6.30. The molecule has 6 nitrogen and oxygen atoms in total. The van der Waals surface area contributed by atoms with Crippen LogP contribution in [-0.2, 0) is 17.8 Å². The minimum atomic E-state index is -0.309. The smallest absolute Gasteiger partial charge is 0.254 e. The quantitative estimate of drug-likeness (QED) is 0.414. The summed E-state index contributed by atoms with van der Waals surface area (Å²) in [7, 11) is 1.62. The first-order chi connectivity index (χ1) is 17.9. The number of piperazine rings is 1. The molecule has 2 amide bonds. The molecular weight excluding hydrogens is 493 g/mol. The molecule has 0 unspecified atom stereocenters. The molecule has 0 N–H and O–H groups in total. The zero-order chi connectivity index (χ0) is 26.2. The molecule has 194 valence electrons. The van der Waals surface area contributed by atoms with Gasteiger partial charge in [0.05, 0.1) is 13.5 Å². The van der Waals surface area contributed by atoms with Crippen LogP contribution in [0.2, 0.25) is 5.02 Å². The van der Waals surface area contributed by atoms with Crippen LogP contribution in [0.15, 0.2) is 72.8 Å². The molecule has 3 aromatic rings. The molecule has 0 atom stereocenters. The Morgan fingerprint density at radius 3 is 2.27 bits per heavy atom. The normalized spacial score (nSPS) is 13.9. The minimum Gasteiger partial charge on any atom is -0.497 e. The Labute approximate surface area is 222 Å².